The smallest absolute Gasteiger partial charge is 0.188 e. The largest absolute Gasteiger partial charge is 0.350 e. The zero-order valence-electron chi connectivity index (χ0n) is 4.86. The summed E-state index contributed by atoms with van der Waals surface area (Å²) in [4.78, 5) is 0. The van der Waals surface area contributed by atoms with E-state index in [0.29, 0.717) is 0 Å². The van der Waals surface area contributed by atoms with Crippen molar-refractivity contribution in [3.05, 3.63) is 0 Å². The first kappa shape index (κ1) is 7.82. The Bertz CT molecular complexity index is 47.7. The van der Waals surface area contributed by atoms with Crippen molar-refractivity contribution < 1.29 is 13.5 Å². The maximum Gasteiger partial charge on any atom is 0.188 e. The Labute approximate surface area is 47.6 Å². The van der Waals surface area contributed by atoms with Gasteiger partial charge in [-0.15, -0.1) is 0 Å². The fourth-order valence-corrected chi connectivity index (χ4v) is 0.300. The molecular weight excluding hydrogens is 114 g/mol. The zero-order chi connectivity index (χ0) is 6.41. The molecule has 0 amide bonds. The van der Waals surface area contributed by atoms with Crippen LogP contribution in [-0.2, 0) is 4.74 Å². The van der Waals surface area contributed by atoms with Crippen molar-refractivity contribution in [2.75, 3.05) is 13.5 Å². The molecule has 0 N–H and O–H groups in total. The number of ether oxygens (including phenoxy) is 1. The van der Waals surface area contributed by atoms with Crippen LogP contribution >= 0.6 is 0 Å². The summed E-state index contributed by atoms with van der Waals surface area (Å²) in [6, 6.07) is 0. The fraction of sp³-hybridized carbons (Fsp3) is 1.00. The Morgan fingerprint density at radius 3 is 2.62 bits per heavy atom. The molecule has 0 bridgehead atoms. The van der Waals surface area contributed by atoms with Gasteiger partial charge in [0.1, 0.15) is 0 Å². The quantitative estimate of drug-likeness (QED) is 0.518. The van der Waals surface area contributed by atoms with Crippen LogP contribution in [0.1, 0.15) is 13.3 Å². The summed E-state index contributed by atoms with van der Waals surface area (Å²) >= 11 is 0. The summed E-state index contributed by atoms with van der Waals surface area (Å²) in [5.41, 5.74) is 0. The van der Waals surface area contributed by atoms with Gasteiger partial charge < -0.3 is 4.74 Å². The Balaban J connectivity index is 2.72. The summed E-state index contributed by atoms with van der Waals surface area (Å²) < 4.78 is 27.2. The molecule has 0 saturated heterocycles. The lowest BCUT2D eigenvalue weighted by atomic mass is 10.3. The number of hydrogen-bond acceptors (Lipinski definition) is 1. The van der Waals surface area contributed by atoms with E-state index in [1.165, 1.54) is 6.92 Å². The van der Waals surface area contributed by atoms with Crippen LogP contribution in [0.25, 0.3) is 0 Å². The number of hydrogen-bond donors (Lipinski definition) is 0. The lowest BCUT2D eigenvalue weighted by Gasteiger charge is -1.98. The number of alkyl halides is 2. The number of halogens is 2. The molecule has 0 aliphatic carbocycles. The summed E-state index contributed by atoms with van der Waals surface area (Å²) in [7, 11) is 0. The van der Waals surface area contributed by atoms with Crippen LogP contribution in [0, 0.1) is 0 Å². The van der Waals surface area contributed by atoms with Crippen LogP contribution < -0.4 is 0 Å². The zero-order valence-corrected chi connectivity index (χ0v) is 4.86. The van der Waals surface area contributed by atoms with E-state index in [4.69, 9.17) is 0 Å². The van der Waals surface area contributed by atoms with Crippen LogP contribution in [0.5, 0.6) is 0 Å². The van der Waals surface area contributed by atoms with E-state index in [1.54, 1.807) is 0 Å². The van der Waals surface area contributed by atoms with Crippen LogP contribution in [0.2, 0.25) is 0 Å². The first-order chi connectivity index (χ1) is 3.77. The third-order valence-electron chi connectivity index (χ3n) is 0.737. The van der Waals surface area contributed by atoms with E-state index in [2.05, 4.69) is 4.74 Å². The highest BCUT2D eigenvalue weighted by Crippen LogP contribution is 1.94. The molecule has 0 aromatic rings. The third kappa shape index (κ3) is 5.82. The van der Waals surface area contributed by atoms with Crippen molar-refractivity contribution in [3.63, 3.8) is 0 Å². The van der Waals surface area contributed by atoms with Gasteiger partial charge >= 0.3 is 0 Å². The monoisotopic (exact) mass is 124 g/mol. The van der Waals surface area contributed by atoms with Crippen molar-refractivity contribution in [2.45, 2.75) is 19.5 Å². The second-order valence-corrected chi connectivity index (χ2v) is 1.59. The normalized spacial score (nSPS) is 13.9. The van der Waals surface area contributed by atoms with Gasteiger partial charge in [-0.1, -0.05) is 0 Å². The van der Waals surface area contributed by atoms with Crippen molar-refractivity contribution in [1.29, 1.82) is 0 Å². The maximum atomic E-state index is 11.8. The maximum absolute atomic E-state index is 11.8. The molecule has 50 valence electrons. The van der Waals surface area contributed by atoms with Crippen molar-refractivity contribution >= 4 is 0 Å². The third-order valence-corrected chi connectivity index (χ3v) is 0.737. The molecule has 0 saturated carbocycles. The van der Waals surface area contributed by atoms with Gasteiger partial charge in [0.25, 0.3) is 0 Å². The van der Waals surface area contributed by atoms with Gasteiger partial charge in [-0.2, -0.15) is 0 Å². The fourth-order valence-electron chi connectivity index (χ4n) is 0.300. The second kappa shape index (κ2) is 4.97. The summed E-state index contributed by atoms with van der Waals surface area (Å²) in [5, 5.41) is 0. The van der Waals surface area contributed by atoms with E-state index in [-0.39, 0.29) is 13.0 Å². The van der Waals surface area contributed by atoms with Crippen molar-refractivity contribution in [2.24, 2.45) is 0 Å². The molecular formula is C5H10F2O. The minimum absolute atomic E-state index is 0.175. The van der Waals surface area contributed by atoms with Gasteiger partial charge in [-0.3, -0.25) is 0 Å². The highest BCUT2D eigenvalue weighted by Gasteiger charge is 1.95. The molecule has 0 aromatic carbocycles. The Kier molecular flexibility index (Phi) is 4.85. The van der Waals surface area contributed by atoms with Crippen molar-refractivity contribution in [3.8, 4) is 0 Å². The van der Waals surface area contributed by atoms with Crippen molar-refractivity contribution in [1.82, 2.24) is 0 Å². The molecule has 0 aliphatic heterocycles. The first-order valence-corrected chi connectivity index (χ1v) is 2.55. The standard InChI is InChI=1S/C5H10F2O/c1-5(7)2-3-8-4-6/h5H,2-4H2,1H3. The summed E-state index contributed by atoms with van der Waals surface area (Å²) in [5.74, 6) is 0. The van der Waals surface area contributed by atoms with E-state index in [1.807, 2.05) is 0 Å². The average Bonchev–Trinajstić information content (AvgIpc) is 1.66. The van der Waals surface area contributed by atoms with Crippen LogP contribution in [-0.4, -0.2) is 19.6 Å². The molecule has 0 rings (SSSR count). The Morgan fingerprint density at radius 1 is 1.62 bits per heavy atom. The predicted octanol–water partition coefficient (Wildman–Crippen LogP) is 1.68. The molecule has 0 radical (unpaired) electrons. The molecule has 0 aromatic heterocycles. The molecule has 0 fully saturated rings. The SMILES string of the molecule is CC(F)CCOCF. The Hall–Kier alpha value is -0.180. The van der Waals surface area contributed by atoms with Crippen LogP contribution in [0.4, 0.5) is 8.78 Å². The van der Waals surface area contributed by atoms with E-state index in [9.17, 15) is 8.78 Å². The van der Waals surface area contributed by atoms with Gasteiger partial charge in [0.2, 0.25) is 0 Å². The van der Waals surface area contributed by atoms with Crippen LogP contribution in [0.3, 0.4) is 0 Å². The van der Waals surface area contributed by atoms with Crippen LogP contribution in [0.15, 0.2) is 0 Å². The highest BCUT2D eigenvalue weighted by atomic mass is 19.1. The summed E-state index contributed by atoms with van der Waals surface area (Å²) in [6.45, 7) is 0.780. The topological polar surface area (TPSA) is 9.23 Å². The second-order valence-electron chi connectivity index (χ2n) is 1.59. The number of rotatable bonds is 4. The molecule has 1 atom stereocenters. The molecule has 1 nitrogen and oxygen atoms in total. The summed E-state index contributed by atoms with van der Waals surface area (Å²) in [6.07, 6.45) is -0.606. The first-order valence-electron chi connectivity index (χ1n) is 2.55. The molecule has 1 unspecified atom stereocenters. The van der Waals surface area contributed by atoms with E-state index in [0.717, 1.165) is 0 Å². The lowest BCUT2D eigenvalue weighted by Crippen LogP contribution is -2.00. The average molecular weight is 124 g/mol. The molecule has 0 heterocycles. The van der Waals surface area contributed by atoms with E-state index >= 15 is 0 Å². The van der Waals surface area contributed by atoms with E-state index < -0.39 is 13.0 Å². The molecule has 8 heavy (non-hydrogen) atoms. The highest BCUT2D eigenvalue weighted by molar-refractivity contribution is 4.43. The van der Waals surface area contributed by atoms with Gasteiger partial charge in [-0.25, -0.2) is 8.78 Å². The Morgan fingerprint density at radius 2 is 2.25 bits per heavy atom. The molecule has 0 aliphatic rings. The van der Waals surface area contributed by atoms with Gasteiger partial charge in [-0.05, 0) is 6.92 Å². The lowest BCUT2D eigenvalue weighted by molar-refractivity contribution is 0.0476. The van der Waals surface area contributed by atoms with Gasteiger partial charge in [0.05, 0.1) is 12.8 Å². The minimum atomic E-state index is -0.887. The molecule has 0 spiro atoms. The van der Waals surface area contributed by atoms with Gasteiger partial charge in [0.15, 0.2) is 6.86 Å². The molecule has 3 heteroatoms. The predicted molar refractivity (Wildman–Crippen MR) is 27.1 cm³/mol. The minimum Gasteiger partial charge on any atom is -0.350 e. The van der Waals surface area contributed by atoms with Gasteiger partial charge in [0, 0.05) is 6.42 Å².